The molecule has 1 fully saturated rings. The van der Waals surface area contributed by atoms with Gasteiger partial charge >= 0.3 is 12.1 Å². The summed E-state index contributed by atoms with van der Waals surface area (Å²) in [6, 6.07) is 33.7. The minimum Gasteiger partial charge on any atom is -0.475 e. The maximum Gasteiger partial charge on any atom is 0.490 e. The molecule has 42 heavy (non-hydrogen) atoms. The molecule has 1 heterocycles. The number of carbonyl (C=O) groups is 2. The van der Waals surface area contributed by atoms with Crippen molar-refractivity contribution in [1.29, 1.82) is 0 Å². The monoisotopic (exact) mass is 577 g/mol. The summed E-state index contributed by atoms with van der Waals surface area (Å²) >= 11 is 0. The zero-order chi connectivity index (χ0) is 30.0. The highest BCUT2D eigenvalue weighted by Crippen LogP contribution is 2.19. The van der Waals surface area contributed by atoms with Crippen molar-refractivity contribution in [3.8, 4) is 0 Å². The Morgan fingerprint density at radius 1 is 0.786 bits per heavy atom. The lowest BCUT2D eigenvalue weighted by Crippen LogP contribution is -2.41. The van der Waals surface area contributed by atoms with Gasteiger partial charge in [0, 0.05) is 31.2 Å². The Balaban J connectivity index is 0.000000517. The van der Waals surface area contributed by atoms with Gasteiger partial charge in [-0.1, -0.05) is 84.9 Å². The van der Waals surface area contributed by atoms with Gasteiger partial charge in [0.25, 0.3) is 5.91 Å². The maximum atomic E-state index is 12.7. The van der Waals surface area contributed by atoms with Gasteiger partial charge < -0.3 is 15.7 Å². The number of hydrogen-bond acceptors (Lipinski definition) is 4. The lowest BCUT2D eigenvalue weighted by Gasteiger charge is -2.32. The van der Waals surface area contributed by atoms with E-state index in [9.17, 15) is 18.0 Å². The largest absolute Gasteiger partial charge is 0.490 e. The van der Waals surface area contributed by atoms with Crippen molar-refractivity contribution >= 4 is 22.6 Å². The normalized spacial score (nSPS) is 14.2. The van der Waals surface area contributed by atoms with Crippen LogP contribution in [-0.2, 0) is 24.4 Å². The number of amides is 1. The van der Waals surface area contributed by atoms with E-state index in [0.717, 1.165) is 31.7 Å². The first kappa shape index (κ1) is 30.7. The summed E-state index contributed by atoms with van der Waals surface area (Å²) < 4.78 is 31.7. The highest BCUT2D eigenvalue weighted by Gasteiger charge is 2.38. The number of piperidine rings is 1. The van der Waals surface area contributed by atoms with E-state index in [1.54, 1.807) is 0 Å². The Bertz CT molecular complexity index is 1450. The predicted molar refractivity (Wildman–Crippen MR) is 157 cm³/mol. The molecule has 6 nitrogen and oxygen atoms in total. The first-order valence-electron chi connectivity index (χ1n) is 13.8. The quantitative estimate of drug-likeness (QED) is 0.234. The second-order valence-electron chi connectivity index (χ2n) is 10.2. The summed E-state index contributed by atoms with van der Waals surface area (Å²) in [6.45, 7) is 4.65. The number of hydrogen-bond donors (Lipinski definition) is 3. The number of benzene rings is 4. The van der Waals surface area contributed by atoms with Crippen LogP contribution in [0.2, 0.25) is 0 Å². The molecule has 4 aromatic carbocycles. The van der Waals surface area contributed by atoms with Gasteiger partial charge in [-0.3, -0.25) is 9.69 Å². The highest BCUT2D eigenvalue weighted by molar-refractivity contribution is 5.94. The van der Waals surface area contributed by atoms with Crippen LogP contribution >= 0.6 is 0 Å². The zero-order valence-electron chi connectivity index (χ0n) is 23.1. The molecule has 220 valence electrons. The van der Waals surface area contributed by atoms with Crippen LogP contribution in [-0.4, -0.2) is 47.2 Å². The summed E-state index contributed by atoms with van der Waals surface area (Å²) in [7, 11) is 0. The Labute approximate surface area is 243 Å². The van der Waals surface area contributed by atoms with Gasteiger partial charge in [0.15, 0.2) is 0 Å². The molecule has 3 N–H and O–H groups in total. The molecule has 5 rings (SSSR count). The number of nitrogens with one attached hydrogen (secondary N) is 2. The number of alkyl halides is 3. The van der Waals surface area contributed by atoms with E-state index in [2.05, 4.69) is 82.3 Å². The number of carbonyl (C=O) groups excluding carboxylic acids is 1. The van der Waals surface area contributed by atoms with Crippen molar-refractivity contribution in [2.45, 2.75) is 44.7 Å². The molecule has 9 heteroatoms. The summed E-state index contributed by atoms with van der Waals surface area (Å²) in [4.78, 5) is 24.1. The van der Waals surface area contributed by atoms with Gasteiger partial charge in [-0.15, -0.1) is 0 Å². The Hall–Kier alpha value is -4.21. The van der Waals surface area contributed by atoms with Crippen molar-refractivity contribution in [1.82, 2.24) is 15.5 Å². The van der Waals surface area contributed by atoms with Crippen molar-refractivity contribution in [2.24, 2.45) is 0 Å². The molecule has 0 aliphatic carbocycles. The van der Waals surface area contributed by atoms with Gasteiger partial charge in [0.1, 0.15) is 0 Å². The fourth-order valence-corrected chi connectivity index (χ4v) is 4.90. The number of carboxylic acid groups (broad SMARTS) is 1. The average Bonchev–Trinajstić information content (AvgIpc) is 3.00. The molecular formula is C33H34F3N3O3. The van der Waals surface area contributed by atoms with E-state index in [4.69, 9.17) is 9.90 Å². The lowest BCUT2D eigenvalue weighted by atomic mass is 10.0. The SMILES string of the molecule is O=C(NCc1cccc2ccccc12)c1ccc(CNC2CCN(Cc3ccccc3)CC2)cc1.O=C(O)C(F)(F)F. The van der Waals surface area contributed by atoms with Crippen LogP contribution in [0.1, 0.15) is 39.9 Å². The molecule has 1 saturated heterocycles. The number of rotatable bonds is 8. The molecule has 1 aliphatic heterocycles. The zero-order valence-corrected chi connectivity index (χ0v) is 23.1. The smallest absolute Gasteiger partial charge is 0.475 e. The summed E-state index contributed by atoms with van der Waals surface area (Å²) in [5.74, 6) is -2.80. The lowest BCUT2D eigenvalue weighted by molar-refractivity contribution is -0.192. The van der Waals surface area contributed by atoms with Crippen molar-refractivity contribution < 1.29 is 27.9 Å². The van der Waals surface area contributed by atoms with Crippen molar-refractivity contribution in [2.75, 3.05) is 13.1 Å². The minimum atomic E-state index is -5.08. The number of halogens is 3. The van der Waals surface area contributed by atoms with Gasteiger partial charge in [-0.05, 0) is 65.5 Å². The van der Waals surface area contributed by atoms with E-state index < -0.39 is 12.1 Å². The molecule has 0 spiro atoms. The van der Waals surface area contributed by atoms with Gasteiger partial charge in [-0.2, -0.15) is 13.2 Å². The number of aliphatic carboxylic acids is 1. The van der Waals surface area contributed by atoms with E-state index in [-0.39, 0.29) is 5.91 Å². The molecule has 0 radical (unpaired) electrons. The molecule has 1 aliphatic rings. The molecular weight excluding hydrogens is 543 g/mol. The summed E-state index contributed by atoms with van der Waals surface area (Å²) in [5, 5.41) is 16.3. The van der Waals surface area contributed by atoms with Crippen molar-refractivity contribution in [3.63, 3.8) is 0 Å². The molecule has 0 bridgehead atoms. The summed E-state index contributed by atoms with van der Waals surface area (Å²) in [5.41, 5.74) is 4.43. The van der Waals surface area contributed by atoms with Crippen LogP contribution in [0.25, 0.3) is 10.8 Å². The van der Waals surface area contributed by atoms with E-state index in [0.29, 0.717) is 18.2 Å². The molecule has 0 atom stereocenters. The predicted octanol–water partition coefficient (Wildman–Crippen LogP) is 6.16. The van der Waals surface area contributed by atoms with E-state index in [1.165, 1.54) is 34.7 Å². The highest BCUT2D eigenvalue weighted by atomic mass is 19.4. The number of nitrogens with zero attached hydrogens (tertiary/aromatic N) is 1. The molecule has 0 aromatic heterocycles. The van der Waals surface area contributed by atoms with Crippen molar-refractivity contribution in [3.05, 3.63) is 119 Å². The van der Waals surface area contributed by atoms with E-state index >= 15 is 0 Å². The van der Waals surface area contributed by atoms with Crippen LogP contribution in [0.4, 0.5) is 13.2 Å². The fourth-order valence-electron chi connectivity index (χ4n) is 4.90. The van der Waals surface area contributed by atoms with Crippen LogP contribution in [0.15, 0.2) is 97.1 Å². The number of likely N-dealkylation sites (tertiary alicyclic amines) is 1. The molecule has 4 aromatic rings. The molecule has 0 saturated carbocycles. The minimum absolute atomic E-state index is 0.0387. The fraction of sp³-hybridized carbons (Fsp3) is 0.273. The number of fused-ring (bicyclic) bond motifs is 1. The third kappa shape index (κ3) is 9.15. The maximum absolute atomic E-state index is 12.7. The summed E-state index contributed by atoms with van der Waals surface area (Å²) in [6.07, 6.45) is -2.75. The van der Waals surface area contributed by atoms with Crippen LogP contribution in [0.3, 0.4) is 0 Å². The van der Waals surface area contributed by atoms with Gasteiger partial charge in [0.05, 0.1) is 0 Å². The Kier molecular flexibility index (Phi) is 10.7. The second kappa shape index (κ2) is 14.6. The third-order valence-corrected chi connectivity index (χ3v) is 7.21. The first-order chi connectivity index (χ1) is 20.2. The van der Waals surface area contributed by atoms with Gasteiger partial charge in [-0.25, -0.2) is 4.79 Å². The third-order valence-electron chi connectivity index (χ3n) is 7.21. The average molecular weight is 578 g/mol. The Morgan fingerprint density at radius 3 is 2.07 bits per heavy atom. The standard InChI is InChI=1S/C31H33N3O.C2HF3O2/c35-31(33-22-28-11-6-10-26-9-4-5-12-30(26)28)27-15-13-24(14-16-27)21-32-29-17-19-34(20-18-29)23-25-7-2-1-3-8-25;3-2(4,5)1(6)7/h1-16,29,32H,17-23H2,(H,33,35);(H,6,7). The second-order valence-corrected chi connectivity index (χ2v) is 10.2. The number of carboxylic acids is 1. The van der Waals surface area contributed by atoms with Crippen LogP contribution < -0.4 is 10.6 Å². The Morgan fingerprint density at radius 2 is 1.40 bits per heavy atom. The van der Waals surface area contributed by atoms with E-state index in [1.807, 2.05) is 30.3 Å². The van der Waals surface area contributed by atoms with Crippen LogP contribution in [0, 0.1) is 0 Å². The van der Waals surface area contributed by atoms with Gasteiger partial charge in [0.2, 0.25) is 0 Å². The van der Waals surface area contributed by atoms with Crippen LogP contribution in [0.5, 0.6) is 0 Å². The molecule has 1 amide bonds. The molecule has 0 unspecified atom stereocenters. The topological polar surface area (TPSA) is 81.7 Å². The first-order valence-corrected chi connectivity index (χ1v) is 13.8.